The van der Waals surface area contributed by atoms with Crippen LogP contribution in [0.5, 0.6) is 11.5 Å². The molecular weight excluding hydrogens is 358 g/mol. The highest BCUT2D eigenvalue weighted by Crippen LogP contribution is 2.30. The van der Waals surface area contributed by atoms with E-state index in [0.717, 1.165) is 38.6 Å². The number of benzene rings is 2. The van der Waals surface area contributed by atoms with Crippen LogP contribution in [0.3, 0.4) is 0 Å². The lowest BCUT2D eigenvalue weighted by Crippen LogP contribution is -2.18. The van der Waals surface area contributed by atoms with Gasteiger partial charge in [-0.3, -0.25) is 4.79 Å². The molecule has 0 unspecified atom stereocenters. The fourth-order valence-electron chi connectivity index (χ4n) is 2.86. The zero-order valence-corrected chi connectivity index (χ0v) is 16.8. The second kappa shape index (κ2) is 8.35. The van der Waals surface area contributed by atoms with E-state index in [-0.39, 0.29) is 5.56 Å². The molecular formula is C22H23NO3S. The van der Waals surface area contributed by atoms with Crippen LogP contribution in [0.1, 0.15) is 11.1 Å². The predicted octanol–water partition coefficient (Wildman–Crippen LogP) is 4.67. The molecule has 0 aliphatic heterocycles. The number of methoxy groups -OCH3 is 1. The van der Waals surface area contributed by atoms with Crippen molar-refractivity contribution < 1.29 is 9.47 Å². The third kappa shape index (κ3) is 4.55. The Morgan fingerprint density at radius 1 is 1.00 bits per heavy atom. The molecule has 140 valence electrons. The van der Waals surface area contributed by atoms with Gasteiger partial charge in [0, 0.05) is 23.7 Å². The molecule has 1 heterocycles. The normalized spacial score (nSPS) is 10.7. The van der Waals surface area contributed by atoms with Crippen molar-refractivity contribution in [3.05, 3.63) is 76.2 Å². The third-order valence-corrected chi connectivity index (χ3v) is 5.08. The van der Waals surface area contributed by atoms with Crippen LogP contribution in [0, 0.1) is 6.92 Å². The van der Waals surface area contributed by atoms with Crippen LogP contribution in [0.2, 0.25) is 0 Å². The Kier molecular flexibility index (Phi) is 5.91. The predicted molar refractivity (Wildman–Crippen MR) is 111 cm³/mol. The van der Waals surface area contributed by atoms with Crippen LogP contribution in [0.25, 0.3) is 11.1 Å². The van der Waals surface area contributed by atoms with Crippen molar-refractivity contribution in [1.82, 2.24) is 4.57 Å². The van der Waals surface area contributed by atoms with Gasteiger partial charge >= 0.3 is 0 Å². The maximum Gasteiger partial charge on any atom is 0.253 e. The highest BCUT2D eigenvalue weighted by molar-refractivity contribution is 7.98. The molecule has 5 heteroatoms. The summed E-state index contributed by atoms with van der Waals surface area (Å²) in [5, 5.41) is 0. The van der Waals surface area contributed by atoms with Crippen LogP contribution < -0.4 is 15.0 Å². The Morgan fingerprint density at radius 3 is 2.37 bits per heavy atom. The zero-order valence-electron chi connectivity index (χ0n) is 16.0. The fourth-order valence-corrected chi connectivity index (χ4v) is 3.34. The lowest BCUT2D eigenvalue weighted by molar-refractivity contribution is 0.305. The van der Waals surface area contributed by atoms with Crippen LogP contribution in [-0.2, 0) is 13.7 Å². The van der Waals surface area contributed by atoms with E-state index in [2.05, 4.69) is 6.07 Å². The standard InChI is InChI=1S/C22H23NO3S/c1-15-9-18(13-23(2)22(15)24)17-10-20(12-21(11-17)27-4)26-14-16-5-7-19(25-3)8-6-16/h5-13H,14H2,1-4H3. The number of aryl methyl sites for hydroxylation is 2. The minimum Gasteiger partial charge on any atom is -0.497 e. The number of pyridine rings is 1. The topological polar surface area (TPSA) is 40.5 Å². The average molecular weight is 381 g/mol. The van der Waals surface area contributed by atoms with Gasteiger partial charge in [0.2, 0.25) is 0 Å². The van der Waals surface area contributed by atoms with Crippen molar-refractivity contribution in [2.75, 3.05) is 13.4 Å². The lowest BCUT2D eigenvalue weighted by atomic mass is 10.1. The number of hydrogen-bond acceptors (Lipinski definition) is 4. The highest BCUT2D eigenvalue weighted by atomic mass is 32.2. The van der Waals surface area contributed by atoms with Crippen LogP contribution in [0.4, 0.5) is 0 Å². The van der Waals surface area contributed by atoms with Crippen molar-refractivity contribution in [3.63, 3.8) is 0 Å². The van der Waals surface area contributed by atoms with E-state index in [1.165, 1.54) is 0 Å². The molecule has 3 rings (SSSR count). The fraction of sp³-hybridized carbons (Fsp3) is 0.227. The summed E-state index contributed by atoms with van der Waals surface area (Å²) in [5.74, 6) is 1.63. The molecule has 0 N–H and O–H groups in total. The quantitative estimate of drug-likeness (QED) is 0.582. The Bertz CT molecular complexity index is 967. The van der Waals surface area contributed by atoms with Gasteiger partial charge in [-0.05, 0) is 66.3 Å². The molecule has 0 saturated carbocycles. The van der Waals surface area contributed by atoms with Crippen molar-refractivity contribution in [2.45, 2.75) is 18.4 Å². The first kappa shape index (κ1) is 19.1. The summed E-state index contributed by atoms with van der Waals surface area (Å²) in [5.41, 5.74) is 3.86. The Balaban J connectivity index is 1.88. The highest BCUT2D eigenvalue weighted by Gasteiger charge is 2.08. The maximum atomic E-state index is 12.0. The van der Waals surface area contributed by atoms with E-state index < -0.39 is 0 Å². The molecule has 2 aromatic carbocycles. The molecule has 4 nitrogen and oxygen atoms in total. The first-order valence-corrected chi connectivity index (χ1v) is 9.85. The van der Waals surface area contributed by atoms with Gasteiger partial charge in [0.25, 0.3) is 5.56 Å². The number of thioether (sulfide) groups is 1. The van der Waals surface area contributed by atoms with E-state index in [4.69, 9.17) is 9.47 Å². The number of nitrogens with zero attached hydrogens (tertiary/aromatic N) is 1. The van der Waals surface area contributed by atoms with Crippen molar-refractivity contribution in [2.24, 2.45) is 7.05 Å². The number of hydrogen-bond donors (Lipinski definition) is 0. The van der Waals surface area contributed by atoms with E-state index in [1.807, 2.05) is 61.8 Å². The van der Waals surface area contributed by atoms with Crippen LogP contribution in [-0.4, -0.2) is 17.9 Å². The van der Waals surface area contributed by atoms with Crippen molar-refractivity contribution in [3.8, 4) is 22.6 Å². The van der Waals surface area contributed by atoms with Gasteiger partial charge in [-0.25, -0.2) is 0 Å². The molecule has 0 bridgehead atoms. The van der Waals surface area contributed by atoms with Gasteiger partial charge in [0.05, 0.1) is 7.11 Å². The molecule has 0 aliphatic carbocycles. The van der Waals surface area contributed by atoms with Gasteiger partial charge in [-0.1, -0.05) is 12.1 Å². The molecule has 3 aromatic rings. The van der Waals surface area contributed by atoms with Gasteiger partial charge in [0.15, 0.2) is 0 Å². The molecule has 0 spiro atoms. The molecule has 0 radical (unpaired) electrons. The zero-order chi connectivity index (χ0) is 19.4. The monoisotopic (exact) mass is 381 g/mol. The summed E-state index contributed by atoms with van der Waals surface area (Å²) < 4.78 is 12.8. The lowest BCUT2D eigenvalue weighted by Gasteiger charge is -2.12. The molecule has 0 fully saturated rings. The number of rotatable bonds is 6. The summed E-state index contributed by atoms with van der Waals surface area (Å²) in [6, 6.07) is 15.9. The van der Waals surface area contributed by atoms with E-state index >= 15 is 0 Å². The molecule has 0 aliphatic rings. The van der Waals surface area contributed by atoms with Gasteiger partial charge < -0.3 is 14.0 Å². The first-order valence-electron chi connectivity index (χ1n) is 8.62. The van der Waals surface area contributed by atoms with Crippen molar-refractivity contribution >= 4 is 11.8 Å². The number of aromatic nitrogens is 1. The SMILES string of the molecule is COc1ccc(COc2cc(SC)cc(-c3cc(C)c(=O)n(C)c3)c2)cc1. The molecule has 1 aromatic heterocycles. The van der Waals surface area contributed by atoms with Crippen molar-refractivity contribution in [1.29, 1.82) is 0 Å². The van der Waals surface area contributed by atoms with Crippen LogP contribution in [0.15, 0.2) is 64.4 Å². The first-order chi connectivity index (χ1) is 13.0. The average Bonchev–Trinajstić information content (AvgIpc) is 2.70. The third-order valence-electron chi connectivity index (χ3n) is 4.38. The molecule has 0 saturated heterocycles. The van der Waals surface area contributed by atoms with Gasteiger partial charge in [-0.2, -0.15) is 0 Å². The Morgan fingerprint density at radius 2 is 1.74 bits per heavy atom. The summed E-state index contributed by atoms with van der Waals surface area (Å²) in [4.78, 5) is 13.1. The Hall–Kier alpha value is -2.66. The van der Waals surface area contributed by atoms with Crippen LogP contribution >= 0.6 is 11.8 Å². The van der Waals surface area contributed by atoms with E-state index in [0.29, 0.717) is 6.61 Å². The smallest absolute Gasteiger partial charge is 0.253 e. The van der Waals surface area contributed by atoms with E-state index in [9.17, 15) is 4.79 Å². The molecule has 0 atom stereocenters. The molecule has 0 amide bonds. The Labute approximate surface area is 163 Å². The minimum atomic E-state index is 0.0238. The molecule has 27 heavy (non-hydrogen) atoms. The maximum absolute atomic E-state index is 12.0. The van der Waals surface area contributed by atoms with E-state index in [1.54, 1.807) is 30.5 Å². The number of ether oxygens (including phenoxy) is 2. The summed E-state index contributed by atoms with van der Waals surface area (Å²) >= 11 is 1.66. The van der Waals surface area contributed by atoms with Gasteiger partial charge in [-0.15, -0.1) is 11.8 Å². The second-order valence-corrected chi connectivity index (χ2v) is 7.24. The largest absolute Gasteiger partial charge is 0.497 e. The summed E-state index contributed by atoms with van der Waals surface area (Å²) in [6.45, 7) is 2.32. The summed E-state index contributed by atoms with van der Waals surface area (Å²) in [6.07, 6.45) is 3.90. The second-order valence-electron chi connectivity index (χ2n) is 6.36. The summed E-state index contributed by atoms with van der Waals surface area (Å²) in [7, 11) is 3.43. The minimum absolute atomic E-state index is 0.0238. The van der Waals surface area contributed by atoms with Gasteiger partial charge in [0.1, 0.15) is 18.1 Å².